The maximum absolute atomic E-state index is 14.0. The minimum atomic E-state index is -4.31. The highest BCUT2D eigenvalue weighted by molar-refractivity contribution is 7.89. The summed E-state index contributed by atoms with van der Waals surface area (Å²) in [6, 6.07) is 13.3. The lowest BCUT2D eigenvalue weighted by atomic mass is 10.0. The van der Waals surface area contributed by atoms with E-state index in [1.165, 1.54) is 7.11 Å². The molecule has 0 aliphatic rings. The van der Waals surface area contributed by atoms with Crippen molar-refractivity contribution in [2.45, 2.75) is 11.4 Å². The molecule has 0 saturated carbocycles. The molecule has 0 unspecified atom stereocenters. The van der Waals surface area contributed by atoms with E-state index in [1.807, 2.05) is 30.3 Å². The molecule has 0 amide bonds. The lowest BCUT2D eigenvalue weighted by molar-refractivity contribution is -0.255. The monoisotopic (exact) mass is 388 g/mol. The zero-order valence-corrected chi connectivity index (χ0v) is 15.0. The third-order valence-corrected chi connectivity index (χ3v) is 5.53. The highest BCUT2D eigenvalue weighted by Gasteiger charge is 2.21. The molecular weight excluding hydrogens is 373 g/mol. The van der Waals surface area contributed by atoms with Gasteiger partial charge in [-0.2, -0.15) is 0 Å². The number of aromatic carboxylic acids is 1. The van der Waals surface area contributed by atoms with Gasteiger partial charge in [0.1, 0.15) is 16.5 Å². The van der Waals surface area contributed by atoms with E-state index in [0.29, 0.717) is 11.3 Å². The summed E-state index contributed by atoms with van der Waals surface area (Å²) in [6.07, 6.45) is 0. The summed E-state index contributed by atoms with van der Waals surface area (Å²) in [5.74, 6) is -2.18. The van der Waals surface area contributed by atoms with E-state index in [1.54, 1.807) is 6.07 Å². The number of carbonyl (C=O) groups is 1. The molecule has 3 aromatic carbocycles. The first-order valence-electron chi connectivity index (χ1n) is 7.88. The first-order valence-corrected chi connectivity index (χ1v) is 9.37. The lowest BCUT2D eigenvalue weighted by Gasteiger charge is -2.14. The second kappa shape index (κ2) is 7.34. The number of carboxylic acid groups (broad SMARTS) is 1. The lowest BCUT2D eigenvalue weighted by Crippen LogP contribution is -2.26. The van der Waals surface area contributed by atoms with Crippen molar-refractivity contribution < 1.29 is 27.4 Å². The Bertz CT molecular complexity index is 1130. The van der Waals surface area contributed by atoms with Crippen LogP contribution in [-0.2, 0) is 16.6 Å². The Morgan fingerprint density at radius 1 is 1.15 bits per heavy atom. The van der Waals surface area contributed by atoms with Crippen LogP contribution in [0.25, 0.3) is 10.8 Å². The maximum Gasteiger partial charge on any atom is 0.243 e. The third-order valence-electron chi connectivity index (χ3n) is 4.11. The predicted molar refractivity (Wildman–Crippen MR) is 95.3 cm³/mol. The minimum absolute atomic E-state index is 0.165. The van der Waals surface area contributed by atoms with Crippen molar-refractivity contribution in [2.24, 2.45) is 0 Å². The summed E-state index contributed by atoms with van der Waals surface area (Å²) in [7, 11) is -2.85. The van der Waals surface area contributed by atoms with Gasteiger partial charge in [0.2, 0.25) is 10.0 Å². The van der Waals surface area contributed by atoms with Gasteiger partial charge in [0.15, 0.2) is 0 Å². The number of hydrogen-bond donors (Lipinski definition) is 1. The maximum atomic E-state index is 14.0. The molecule has 0 heterocycles. The van der Waals surface area contributed by atoms with Gasteiger partial charge in [-0.05, 0) is 34.5 Å². The van der Waals surface area contributed by atoms with E-state index in [9.17, 15) is 22.7 Å². The molecule has 0 aromatic heterocycles. The average molecular weight is 388 g/mol. The van der Waals surface area contributed by atoms with Crippen LogP contribution in [0.2, 0.25) is 0 Å². The SMILES string of the molecule is COc1ccc2ccccc2c1CNS(=O)(=O)c1cc(C(=O)[O-])ccc1F. The third kappa shape index (κ3) is 3.76. The first kappa shape index (κ1) is 18.8. The first-order chi connectivity index (χ1) is 12.8. The largest absolute Gasteiger partial charge is 0.545 e. The fourth-order valence-corrected chi connectivity index (χ4v) is 3.87. The van der Waals surface area contributed by atoms with E-state index in [4.69, 9.17) is 4.74 Å². The van der Waals surface area contributed by atoms with Gasteiger partial charge in [-0.3, -0.25) is 0 Å². The Kier molecular flexibility index (Phi) is 5.11. The highest BCUT2D eigenvalue weighted by atomic mass is 32.2. The molecule has 0 aliphatic heterocycles. The van der Waals surface area contributed by atoms with Crippen LogP contribution in [0.1, 0.15) is 15.9 Å². The molecular formula is C19H15FNO5S-. The normalized spacial score (nSPS) is 11.5. The van der Waals surface area contributed by atoms with Crippen molar-refractivity contribution in [1.29, 1.82) is 0 Å². The van der Waals surface area contributed by atoms with E-state index in [2.05, 4.69) is 4.72 Å². The van der Waals surface area contributed by atoms with Gasteiger partial charge >= 0.3 is 0 Å². The molecule has 0 atom stereocenters. The van der Waals surface area contributed by atoms with Crippen molar-refractivity contribution in [3.05, 3.63) is 71.5 Å². The van der Waals surface area contributed by atoms with Crippen molar-refractivity contribution in [1.82, 2.24) is 4.72 Å². The summed E-state index contributed by atoms with van der Waals surface area (Å²) in [4.78, 5) is 10.2. The molecule has 0 aliphatic carbocycles. The standard InChI is InChI=1S/C19H16FNO5S/c1-26-17-9-7-12-4-2-3-5-14(12)15(17)11-21-27(24,25)18-10-13(19(22)23)6-8-16(18)20/h2-10,21H,11H2,1H3,(H,22,23)/p-1. The molecule has 3 aromatic rings. The van der Waals surface area contributed by atoms with Crippen molar-refractivity contribution in [3.8, 4) is 5.75 Å². The number of sulfonamides is 1. The number of hydrogen-bond acceptors (Lipinski definition) is 5. The van der Waals surface area contributed by atoms with Crippen LogP contribution in [0.3, 0.4) is 0 Å². The van der Waals surface area contributed by atoms with E-state index in [-0.39, 0.29) is 6.54 Å². The van der Waals surface area contributed by atoms with E-state index < -0.39 is 32.3 Å². The molecule has 0 saturated heterocycles. The zero-order chi connectivity index (χ0) is 19.6. The second-order valence-electron chi connectivity index (χ2n) is 5.72. The van der Waals surface area contributed by atoms with Gasteiger partial charge in [0, 0.05) is 12.1 Å². The number of carbonyl (C=O) groups excluding carboxylic acids is 1. The quantitative estimate of drug-likeness (QED) is 0.695. The van der Waals surface area contributed by atoms with Gasteiger partial charge in [0.05, 0.1) is 13.1 Å². The Labute approximate surface area is 155 Å². The summed E-state index contributed by atoms with van der Waals surface area (Å²) >= 11 is 0. The van der Waals surface area contributed by atoms with Gasteiger partial charge in [0.25, 0.3) is 0 Å². The highest BCUT2D eigenvalue weighted by Crippen LogP contribution is 2.28. The average Bonchev–Trinajstić information content (AvgIpc) is 2.65. The molecule has 0 spiro atoms. The number of methoxy groups -OCH3 is 1. The van der Waals surface area contributed by atoms with Crippen molar-refractivity contribution in [2.75, 3.05) is 7.11 Å². The van der Waals surface area contributed by atoms with Crippen LogP contribution in [-0.4, -0.2) is 21.5 Å². The Hall–Kier alpha value is -2.97. The molecule has 6 nitrogen and oxygen atoms in total. The molecule has 140 valence electrons. The predicted octanol–water partition coefficient (Wildman–Crippen LogP) is 1.83. The van der Waals surface area contributed by atoms with Crippen LogP contribution >= 0.6 is 0 Å². The summed E-state index contributed by atoms with van der Waals surface area (Å²) in [6.45, 7) is -0.165. The van der Waals surface area contributed by atoms with Crippen LogP contribution < -0.4 is 14.6 Å². The molecule has 1 N–H and O–H groups in total. The Balaban J connectivity index is 1.98. The number of fused-ring (bicyclic) bond motifs is 1. The summed E-state index contributed by atoms with van der Waals surface area (Å²) < 4.78 is 46.7. The number of ether oxygens (including phenoxy) is 1. The number of carboxylic acids is 1. The summed E-state index contributed by atoms with van der Waals surface area (Å²) in [5, 5.41) is 12.6. The van der Waals surface area contributed by atoms with E-state index >= 15 is 0 Å². The molecule has 3 rings (SSSR count). The fraction of sp³-hybridized carbons (Fsp3) is 0.105. The second-order valence-corrected chi connectivity index (χ2v) is 7.46. The Morgan fingerprint density at radius 3 is 2.59 bits per heavy atom. The number of rotatable bonds is 6. The summed E-state index contributed by atoms with van der Waals surface area (Å²) in [5.41, 5.74) is 0.148. The van der Waals surface area contributed by atoms with Crippen LogP contribution in [0.4, 0.5) is 4.39 Å². The van der Waals surface area contributed by atoms with Crippen molar-refractivity contribution in [3.63, 3.8) is 0 Å². The van der Waals surface area contributed by atoms with E-state index in [0.717, 1.165) is 29.0 Å². The molecule has 0 fully saturated rings. The number of benzene rings is 3. The minimum Gasteiger partial charge on any atom is -0.545 e. The van der Waals surface area contributed by atoms with Crippen LogP contribution in [0.15, 0.2) is 59.5 Å². The molecule has 27 heavy (non-hydrogen) atoms. The molecule has 8 heteroatoms. The molecule has 0 radical (unpaired) electrons. The van der Waals surface area contributed by atoms with Gasteiger partial charge < -0.3 is 14.6 Å². The van der Waals surface area contributed by atoms with Crippen LogP contribution in [0, 0.1) is 5.82 Å². The fourth-order valence-electron chi connectivity index (χ4n) is 2.77. The van der Waals surface area contributed by atoms with Crippen molar-refractivity contribution >= 4 is 26.8 Å². The Morgan fingerprint density at radius 2 is 1.89 bits per heavy atom. The zero-order valence-electron chi connectivity index (χ0n) is 14.2. The van der Waals surface area contributed by atoms with Crippen LogP contribution in [0.5, 0.6) is 5.75 Å². The topological polar surface area (TPSA) is 95.5 Å². The van der Waals surface area contributed by atoms with Gasteiger partial charge in [-0.15, -0.1) is 0 Å². The number of nitrogens with one attached hydrogen (secondary N) is 1. The van der Waals surface area contributed by atoms with Gasteiger partial charge in [-0.25, -0.2) is 17.5 Å². The smallest absolute Gasteiger partial charge is 0.243 e. The van der Waals surface area contributed by atoms with Gasteiger partial charge in [-0.1, -0.05) is 36.4 Å². The molecule has 0 bridgehead atoms. The number of halogens is 1.